The fourth-order valence-electron chi connectivity index (χ4n) is 12.0. The number of benzene rings is 1. The van der Waals surface area contributed by atoms with Crippen LogP contribution in [0.3, 0.4) is 0 Å². The van der Waals surface area contributed by atoms with Gasteiger partial charge in [0.05, 0.1) is 52.1 Å². The smallest absolute Gasteiger partial charge is 0.309 e. The SMILES string of the molecule is CC[C@H]1OC(=O)[C@H](C)C([C@H]2C[C@@](C)(OC)[C@@H](O)[C@H](C)O2)[C@H](C)[C@@H](O[C@@H]2O[C@H](C)C[C@H](N(C)CCc3cn([C@H](CF)[C@H](OC)c4ccc(S(=O)(=O)NC)cc4)nn3)[C@H]2O)[C@](C)(O)C[C@@H](C)CN(C)[C@H](C)[C@@H](O)[C@]1(C)O. The number of nitrogens with one attached hydrogen (secondary N) is 1. The summed E-state index contributed by atoms with van der Waals surface area (Å²) in [5.74, 6) is -3.34. The number of hydrogen-bond acceptors (Lipinski definition) is 18. The minimum absolute atomic E-state index is 0.0553. The molecule has 20 atom stereocenters. The molecule has 3 aliphatic heterocycles. The first kappa shape index (κ1) is 62.0. The van der Waals surface area contributed by atoms with E-state index in [9.17, 15) is 43.1 Å². The van der Waals surface area contributed by atoms with Crippen molar-refractivity contribution in [3.63, 3.8) is 0 Å². The minimum Gasteiger partial charge on any atom is -0.459 e. The second kappa shape index (κ2) is 25.3. The van der Waals surface area contributed by atoms with Gasteiger partial charge in [-0.15, -0.1) is 5.10 Å². The largest absolute Gasteiger partial charge is 0.459 e. The third kappa shape index (κ3) is 13.7. The minimum atomic E-state index is -3.68. The van der Waals surface area contributed by atoms with Crippen molar-refractivity contribution in [3.05, 3.63) is 41.7 Å². The molecule has 0 saturated carbocycles. The average molecular weight is 1070 g/mol. The van der Waals surface area contributed by atoms with Gasteiger partial charge >= 0.3 is 5.97 Å². The van der Waals surface area contributed by atoms with Gasteiger partial charge in [0.25, 0.3) is 0 Å². The number of cyclic esters (lactones) is 1. The fourth-order valence-corrected chi connectivity index (χ4v) is 12.7. The van der Waals surface area contributed by atoms with Crippen LogP contribution in [-0.2, 0) is 49.7 Å². The van der Waals surface area contributed by atoms with Gasteiger partial charge in [0, 0.05) is 64.3 Å². The molecule has 1 aromatic heterocycles. The number of aromatic nitrogens is 3. The summed E-state index contributed by atoms with van der Waals surface area (Å²) in [4.78, 5) is 18.6. The van der Waals surface area contributed by atoms with Crippen molar-refractivity contribution in [2.24, 2.45) is 23.7 Å². The third-order valence-electron chi connectivity index (χ3n) is 16.6. The molecule has 0 spiro atoms. The molecular formula is C52H89FN6O14S. The fraction of sp³-hybridized carbons (Fsp3) is 0.827. The standard InChI is InChI=1S/C52H89FN6O14S/c1-16-41-52(10,65)45(61)33(6)58(13)27-29(2)24-50(8,64)47(31(4)42(32(5)48(63)72-41)40-25-51(9,69-15)46(62)34(7)71-40)73-49-43(60)38(23-30(3)70-49)57(12)22-21-36-28-59(56-55-36)39(26-53)44(68-14)35-17-19-37(20-18-35)74(66,67)54-11/h17-20,28-34,38-47,49,54,60-62,64-65H,16,21-27H2,1-15H3/t29-,30-,31+,32-,33-,34+,38+,39-,40-,41-,42?,43-,44-,45-,46+,47-,49+,50-,51-,52-/m1/s1. The molecule has 5 rings (SSSR count). The van der Waals surface area contributed by atoms with Crippen molar-refractivity contribution >= 4 is 16.0 Å². The van der Waals surface area contributed by atoms with Crippen LogP contribution in [0.25, 0.3) is 0 Å². The first-order valence-electron chi connectivity index (χ1n) is 26.2. The van der Waals surface area contributed by atoms with Gasteiger partial charge in [0.2, 0.25) is 10.0 Å². The van der Waals surface area contributed by atoms with Crippen LogP contribution in [0.1, 0.15) is 118 Å². The molecule has 3 fully saturated rings. The molecule has 3 saturated heterocycles. The van der Waals surface area contributed by atoms with E-state index in [0.29, 0.717) is 37.2 Å². The Bertz CT molecular complexity index is 2210. The Morgan fingerprint density at radius 2 is 1.65 bits per heavy atom. The molecule has 424 valence electrons. The van der Waals surface area contributed by atoms with Gasteiger partial charge in [-0.25, -0.2) is 22.2 Å². The van der Waals surface area contributed by atoms with Crippen LogP contribution < -0.4 is 4.72 Å². The molecular weight excluding hydrogens is 984 g/mol. The lowest BCUT2D eigenvalue weighted by Crippen LogP contribution is -2.62. The number of carbonyl (C=O) groups excluding carboxylic acids is 1. The molecule has 22 heteroatoms. The number of rotatable bonds is 16. The number of alkyl halides is 1. The monoisotopic (exact) mass is 1070 g/mol. The van der Waals surface area contributed by atoms with Gasteiger partial charge in [-0.2, -0.15) is 0 Å². The second-order valence-electron chi connectivity index (χ2n) is 22.4. The number of carbonyl (C=O) groups is 1. The number of likely N-dealkylation sites (N-methyl/N-ethyl adjacent to an activating group) is 2. The summed E-state index contributed by atoms with van der Waals surface area (Å²) in [5.41, 5.74) is -3.47. The van der Waals surface area contributed by atoms with E-state index >= 15 is 0 Å². The third-order valence-corrected chi connectivity index (χ3v) is 18.1. The average Bonchev–Trinajstić information content (AvgIpc) is 3.82. The topological polar surface area (TPSA) is 257 Å². The highest BCUT2D eigenvalue weighted by Crippen LogP contribution is 2.45. The van der Waals surface area contributed by atoms with Crippen molar-refractivity contribution in [1.82, 2.24) is 29.5 Å². The van der Waals surface area contributed by atoms with Gasteiger partial charge in [-0.05, 0) is 111 Å². The Morgan fingerprint density at radius 3 is 2.23 bits per heavy atom. The predicted molar refractivity (Wildman–Crippen MR) is 273 cm³/mol. The molecule has 0 radical (unpaired) electrons. The molecule has 0 amide bonds. The van der Waals surface area contributed by atoms with E-state index in [0.717, 1.165) is 0 Å². The number of ether oxygens (including phenoxy) is 6. The molecule has 20 nitrogen and oxygen atoms in total. The van der Waals surface area contributed by atoms with E-state index in [2.05, 4.69) is 15.0 Å². The molecule has 6 N–H and O–H groups in total. The molecule has 0 aliphatic carbocycles. The molecule has 1 aromatic carbocycles. The van der Waals surface area contributed by atoms with Crippen LogP contribution in [0.4, 0.5) is 4.39 Å². The molecule has 4 heterocycles. The van der Waals surface area contributed by atoms with E-state index in [-0.39, 0.29) is 30.1 Å². The summed E-state index contributed by atoms with van der Waals surface area (Å²) < 4.78 is 80.9. The Labute approximate surface area is 438 Å². The Balaban J connectivity index is 1.45. The van der Waals surface area contributed by atoms with E-state index < -0.39 is 137 Å². The van der Waals surface area contributed by atoms with E-state index in [1.807, 2.05) is 44.7 Å². The number of aliphatic hydroxyl groups excluding tert-OH is 3. The first-order chi connectivity index (χ1) is 34.5. The summed E-state index contributed by atoms with van der Waals surface area (Å²) in [5, 5.41) is 68.8. The van der Waals surface area contributed by atoms with Crippen molar-refractivity contribution in [2.45, 2.75) is 202 Å². The quantitative estimate of drug-likeness (QED) is 0.132. The van der Waals surface area contributed by atoms with Crippen LogP contribution in [0.5, 0.6) is 0 Å². The van der Waals surface area contributed by atoms with Crippen molar-refractivity contribution < 1.29 is 71.6 Å². The van der Waals surface area contributed by atoms with E-state index in [4.69, 9.17) is 28.4 Å². The van der Waals surface area contributed by atoms with Gasteiger partial charge in [0.15, 0.2) is 6.29 Å². The lowest BCUT2D eigenvalue weighted by Gasteiger charge is -2.51. The van der Waals surface area contributed by atoms with Gasteiger partial charge < -0.3 is 63.8 Å². The van der Waals surface area contributed by atoms with Gasteiger partial charge in [-0.3, -0.25) is 4.79 Å². The van der Waals surface area contributed by atoms with Crippen molar-refractivity contribution in [2.75, 3.05) is 55.1 Å². The lowest BCUT2D eigenvalue weighted by molar-refractivity contribution is -0.302. The zero-order valence-corrected chi connectivity index (χ0v) is 47.1. The normalized spacial score (nSPS) is 39.5. The number of methoxy groups -OCH3 is 2. The number of sulfonamides is 1. The van der Waals surface area contributed by atoms with Crippen LogP contribution in [0.15, 0.2) is 35.4 Å². The summed E-state index contributed by atoms with van der Waals surface area (Å²) in [6.45, 7) is 17.6. The maximum absolute atomic E-state index is 14.8. The van der Waals surface area contributed by atoms with Crippen LogP contribution in [-0.4, -0.2) is 204 Å². The number of nitrogens with zero attached hydrogens (tertiary/aromatic N) is 5. The predicted octanol–water partition coefficient (Wildman–Crippen LogP) is 3.19. The summed E-state index contributed by atoms with van der Waals surface area (Å²) in [6.07, 6.45) is -6.80. The highest BCUT2D eigenvalue weighted by molar-refractivity contribution is 7.89. The maximum Gasteiger partial charge on any atom is 0.309 e. The highest BCUT2D eigenvalue weighted by atomic mass is 32.2. The Kier molecular flexibility index (Phi) is 21.2. The Hall–Kier alpha value is -2.81. The number of esters is 1. The summed E-state index contributed by atoms with van der Waals surface area (Å²) in [6, 6.07) is 3.97. The summed E-state index contributed by atoms with van der Waals surface area (Å²) in [7, 11) is 4.28. The first-order valence-corrected chi connectivity index (χ1v) is 27.6. The number of halogens is 1. The highest BCUT2D eigenvalue weighted by Gasteiger charge is 2.55. The molecule has 3 aliphatic rings. The second-order valence-corrected chi connectivity index (χ2v) is 24.2. The van der Waals surface area contributed by atoms with Crippen LogP contribution in [0.2, 0.25) is 0 Å². The van der Waals surface area contributed by atoms with Crippen LogP contribution in [0, 0.1) is 23.7 Å². The zero-order chi connectivity index (χ0) is 55.4. The number of hydrogen-bond donors (Lipinski definition) is 6. The zero-order valence-electron chi connectivity index (χ0n) is 46.3. The van der Waals surface area contributed by atoms with Crippen LogP contribution >= 0.6 is 0 Å². The molecule has 2 aromatic rings. The van der Waals surface area contributed by atoms with Crippen molar-refractivity contribution in [1.29, 1.82) is 0 Å². The summed E-state index contributed by atoms with van der Waals surface area (Å²) >= 11 is 0. The van der Waals surface area contributed by atoms with Gasteiger partial charge in [-0.1, -0.05) is 45.0 Å². The molecule has 1 unspecified atom stereocenters. The van der Waals surface area contributed by atoms with Gasteiger partial charge in [0.1, 0.15) is 48.8 Å². The van der Waals surface area contributed by atoms with E-state index in [1.54, 1.807) is 59.9 Å². The maximum atomic E-state index is 14.8. The number of aliphatic hydroxyl groups is 5. The molecule has 74 heavy (non-hydrogen) atoms. The lowest BCUT2D eigenvalue weighted by atomic mass is 9.68. The van der Waals surface area contributed by atoms with Crippen molar-refractivity contribution in [3.8, 4) is 0 Å². The van der Waals surface area contributed by atoms with E-state index in [1.165, 1.54) is 45.0 Å². The molecule has 0 bridgehead atoms. The Morgan fingerprint density at radius 1 is 1.00 bits per heavy atom.